The second-order valence-corrected chi connectivity index (χ2v) is 4.23. The molecule has 18 heavy (non-hydrogen) atoms. The molecule has 0 spiro atoms. The van der Waals surface area contributed by atoms with Gasteiger partial charge >= 0.3 is 0 Å². The minimum Gasteiger partial charge on any atom is -0.374 e. The molecule has 1 aromatic rings. The van der Waals surface area contributed by atoms with Crippen LogP contribution in [0.5, 0.6) is 0 Å². The zero-order valence-corrected chi connectivity index (χ0v) is 11.4. The van der Waals surface area contributed by atoms with Crippen molar-refractivity contribution in [2.45, 2.75) is 33.2 Å². The first kappa shape index (κ1) is 14.4. The summed E-state index contributed by atoms with van der Waals surface area (Å²) in [7, 11) is 0. The molecule has 0 fully saturated rings. The summed E-state index contributed by atoms with van der Waals surface area (Å²) in [5, 5.41) is 3.14. The van der Waals surface area contributed by atoms with Crippen molar-refractivity contribution in [2.75, 3.05) is 23.3 Å². The topological polar surface area (TPSA) is 58.4 Å². The zero-order chi connectivity index (χ0) is 13.5. The Morgan fingerprint density at radius 1 is 1.22 bits per heavy atom. The van der Waals surface area contributed by atoms with Gasteiger partial charge in [-0.3, -0.25) is 4.79 Å². The Bertz CT molecular complexity index is 371. The molecule has 4 heteroatoms. The Morgan fingerprint density at radius 3 is 2.17 bits per heavy atom. The van der Waals surface area contributed by atoms with Crippen molar-refractivity contribution in [1.82, 2.24) is 0 Å². The van der Waals surface area contributed by atoms with E-state index in [0.29, 0.717) is 6.42 Å². The molecular formula is C14H23N3O. The number of nitrogens with two attached hydrogens (primary N) is 1. The third-order valence-electron chi connectivity index (χ3n) is 3.09. The summed E-state index contributed by atoms with van der Waals surface area (Å²) < 4.78 is 0. The first-order valence-electron chi connectivity index (χ1n) is 6.53. The zero-order valence-electron chi connectivity index (χ0n) is 11.4. The van der Waals surface area contributed by atoms with Gasteiger partial charge in [0.2, 0.25) is 5.91 Å². The molecule has 0 bridgehead atoms. The molecule has 0 saturated carbocycles. The van der Waals surface area contributed by atoms with E-state index in [-0.39, 0.29) is 11.9 Å². The number of amides is 1. The number of anilines is 2. The molecule has 1 atom stereocenters. The van der Waals surface area contributed by atoms with Gasteiger partial charge < -0.3 is 16.0 Å². The Hall–Kier alpha value is -1.71. The number of hydrogen-bond donors (Lipinski definition) is 2. The summed E-state index contributed by atoms with van der Waals surface area (Å²) in [6.07, 6.45) is 0.688. The van der Waals surface area contributed by atoms with E-state index < -0.39 is 0 Å². The number of hydrogen-bond acceptors (Lipinski definition) is 3. The second-order valence-electron chi connectivity index (χ2n) is 4.23. The summed E-state index contributed by atoms with van der Waals surface area (Å²) in [5.41, 5.74) is 7.43. The van der Waals surface area contributed by atoms with Crippen LogP contribution in [0.4, 0.5) is 11.4 Å². The van der Waals surface area contributed by atoms with Gasteiger partial charge in [0.1, 0.15) is 6.04 Å². The molecule has 4 nitrogen and oxygen atoms in total. The van der Waals surface area contributed by atoms with Crippen molar-refractivity contribution >= 4 is 17.3 Å². The van der Waals surface area contributed by atoms with Crippen LogP contribution in [-0.2, 0) is 4.79 Å². The van der Waals surface area contributed by atoms with Crippen molar-refractivity contribution < 1.29 is 4.79 Å². The quantitative estimate of drug-likeness (QED) is 0.779. The van der Waals surface area contributed by atoms with Gasteiger partial charge in [-0.25, -0.2) is 0 Å². The van der Waals surface area contributed by atoms with Gasteiger partial charge in [0.05, 0.1) is 0 Å². The predicted molar refractivity (Wildman–Crippen MR) is 76.9 cm³/mol. The molecule has 1 unspecified atom stereocenters. The molecule has 0 aromatic heterocycles. The molecular weight excluding hydrogens is 226 g/mol. The first-order valence-corrected chi connectivity index (χ1v) is 6.53. The van der Waals surface area contributed by atoms with Gasteiger partial charge in [-0.15, -0.1) is 0 Å². The van der Waals surface area contributed by atoms with Gasteiger partial charge in [0.25, 0.3) is 0 Å². The van der Waals surface area contributed by atoms with Crippen molar-refractivity contribution in [2.24, 2.45) is 5.73 Å². The van der Waals surface area contributed by atoms with Gasteiger partial charge in [0, 0.05) is 24.5 Å². The number of primary amides is 1. The van der Waals surface area contributed by atoms with Crippen LogP contribution in [0.1, 0.15) is 27.2 Å². The van der Waals surface area contributed by atoms with E-state index in [2.05, 4.69) is 36.2 Å². The third-order valence-corrected chi connectivity index (χ3v) is 3.09. The first-order chi connectivity index (χ1) is 8.62. The lowest BCUT2D eigenvalue weighted by Crippen LogP contribution is -2.34. The maximum Gasteiger partial charge on any atom is 0.239 e. The van der Waals surface area contributed by atoms with Crippen molar-refractivity contribution in [3.05, 3.63) is 24.3 Å². The smallest absolute Gasteiger partial charge is 0.239 e. The molecule has 0 heterocycles. The van der Waals surface area contributed by atoms with Gasteiger partial charge in [-0.1, -0.05) is 6.92 Å². The Morgan fingerprint density at radius 2 is 1.78 bits per heavy atom. The monoisotopic (exact) mass is 249 g/mol. The van der Waals surface area contributed by atoms with Crippen LogP contribution in [0.15, 0.2) is 24.3 Å². The average Bonchev–Trinajstić information content (AvgIpc) is 2.38. The standard InChI is InChI=1S/C14H23N3O/c1-4-13(14(15)18)16-11-7-9-12(10-8-11)17(5-2)6-3/h7-10,13,16H,4-6H2,1-3H3,(H2,15,18). The lowest BCUT2D eigenvalue weighted by Gasteiger charge is -2.22. The van der Waals surface area contributed by atoms with E-state index >= 15 is 0 Å². The molecule has 3 N–H and O–H groups in total. The minimum atomic E-state index is -0.315. The molecule has 0 aliphatic heterocycles. The van der Waals surface area contributed by atoms with Crippen LogP contribution in [0.2, 0.25) is 0 Å². The minimum absolute atomic E-state index is 0.302. The van der Waals surface area contributed by atoms with Gasteiger partial charge in [-0.2, -0.15) is 0 Å². The van der Waals surface area contributed by atoms with E-state index in [1.54, 1.807) is 0 Å². The number of nitrogens with one attached hydrogen (secondary N) is 1. The Labute approximate surface area is 109 Å². The summed E-state index contributed by atoms with van der Waals surface area (Å²) in [5.74, 6) is -0.315. The SMILES string of the molecule is CCC(Nc1ccc(N(CC)CC)cc1)C(N)=O. The summed E-state index contributed by atoms with van der Waals surface area (Å²) in [6.45, 7) is 8.18. The van der Waals surface area contributed by atoms with Gasteiger partial charge in [-0.05, 0) is 44.5 Å². The number of carbonyl (C=O) groups excluding carboxylic acids is 1. The van der Waals surface area contributed by atoms with Crippen molar-refractivity contribution in [3.8, 4) is 0 Å². The fourth-order valence-electron chi connectivity index (χ4n) is 1.93. The normalized spacial score (nSPS) is 11.9. The maximum atomic E-state index is 11.2. The molecule has 0 aliphatic carbocycles. The van der Waals surface area contributed by atoms with E-state index in [1.165, 1.54) is 5.69 Å². The van der Waals surface area contributed by atoms with E-state index in [1.807, 2.05) is 19.1 Å². The van der Waals surface area contributed by atoms with Crippen molar-refractivity contribution in [1.29, 1.82) is 0 Å². The van der Waals surface area contributed by atoms with Crippen LogP contribution in [0.25, 0.3) is 0 Å². The van der Waals surface area contributed by atoms with Crippen LogP contribution in [-0.4, -0.2) is 25.0 Å². The average molecular weight is 249 g/mol. The molecule has 0 aliphatic rings. The Kier molecular flexibility index (Phi) is 5.49. The largest absolute Gasteiger partial charge is 0.374 e. The van der Waals surface area contributed by atoms with Crippen LogP contribution in [0.3, 0.4) is 0 Å². The highest BCUT2D eigenvalue weighted by atomic mass is 16.1. The lowest BCUT2D eigenvalue weighted by molar-refractivity contribution is -0.118. The van der Waals surface area contributed by atoms with E-state index in [9.17, 15) is 4.79 Å². The second kappa shape index (κ2) is 6.89. The maximum absolute atomic E-state index is 11.2. The number of benzene rings is 1. The fourth-order valence-corrected chi connectivity index (χ4v) is 1.93. The number of carbonyl (C=O) groups is 1. The van der Waals surface area contributed by atoms with E-state index in [0.717, 1.165) is 18.8 Å². The number of nitrogens with zero attached hydrogens (tertiary/aromatic N) is 1. The molecule has 1 rings (SSSR count). The summed E-state index contributed by atoms with van der Waals surface area (Å²) in [6, 6.07) is 7.79. The molecule has 1 aromatic carbocycles. The Balaban J connectivity index is 2.73. The number of rotatable bonds is 7. The molecule has 0 radical (unpaired) electrons. The lowest BCUT2D eigenvalue weighted by atomic mass is 10.2. The fraction of sp³-hybridized carbons (Fsp3) is 0.500. The predicted octanol–water partition coefficient (Wildman–Crippen LogP) is 2.21. The summed E-state index contributed by atoms with van der Waals surface area (Å²) in [4.78, 5) is 13.4. The van der Waals surface area contributed by atoms with Crippen LogP contribution >= 0.6 is 0 Å². The van der Waals surface area contributed by atoms with E-state index in [4.69, 9.17) is 5.73 Å². The highest BCUT2D eigenvalue weighted by Gasteiger charge is 2.12. The highest BCUT2D eigenvalue weighted by molar-refractivity contribution is 5.82. The van der Waals surface area contributed by atoms with Gasteiger partial charge in [0.15, 0.2) is 0 Å². The van der Waals surface area contributed by atoms with Crippen LogP contribution < -0.4 is 16.0 Å². The summed E-state index contributed by atoms with van der Waals surface area (Å²) >= 11 is 0. The van der Waals surface area contributed by atoms with Crippen LogP contribution in [0, 0.1) is 0 Å². The molecule has 100 valence electrons. The highest BCUT2D eigenvalue weighted by Crippen LogP contribution is 2.18. The molecule has 0 saturated heterocycles. The third kappa shape index (κ3) is 3.65. The van der Waals surface area contributed by atoms with Crippen molar-refractivity contribution in [3.63, 3.8) is 0 Å². The molecule has 1 amide bonds.